The smallest absolute Gasteiger partial charge is 0.326 e. The Labute approximate surface area is 205 Å². The first-order chi connectivity index (χ1) is 16.6. The number of rotatable bonds is 5. The van der Waals surface area contributed by atoms with E-state index in [1.807, 2.05) is 0 Å². The van der Waals surface area contributed by atoms with Crippen molar-refractivity contribution in [1.82, 2.24) is 4.98 Å². The van der Waals surface area contributed by atoms with Gasteiger partial charge in [0.1, 0.15) is 11.1 Å². The number of hydrogen-bond donors (Lipinski definition) is 1. The van der Waals surface area contributed by atoms with Crippen molar-refractivity contribution in [2.24, 2.45) is 0 Å². The van der Waals surface area contributed by atoms with Crippen LogP contribution in [0.25, 0.3) is 10.6 Å². The average molecular weight is 517 g/mol. The van der Waals surface area contributed by atoms with Gasteiger partial charge in [-0.15, -0.1) is 11.3 Å². The number of aromatic nitrogens is 1. The molecule has 1 aliphatic rings. The van der Waals surface area contributed by atoms with Gasteiger partial charge in [0.15, 0.2) is 0 Å². The Balaban J connectivity index is 1.67. The van der Waals surface area contributed by atoms with E-state index in [0.29, 0.717) is 22.3 Å². The van der Waals surface area contributed by atoms with E-state index >= 15 is 0 Å². The van der Waals surface area contributed by atoms with Crippen LogP contribution in [0.3, 0.4) is 0 Å². The number of nitrogens with zero attached hydrogens (tertiary/aromatic N) is 3. The van der Waals surface area contributed by atoms with Crippen molar-refractivity contribution in [1.29, 1.82) is 5.26 Å². The molecule has 1 atom stereocenters. The zero-order valence-electron chi connectivity index (χ0n) is 17.9. The molecule has 1 fully saturated rings. The number of halogens is 3. The fraction of sp³-hybridized carbons (Fsp3) is 0.174. The van der Waals surface area contributed by atoms with E-state index in [-0.39, 0.29) is 28.7 Å². The summed E-state index contributed by atoms with van der Waals surface area (Å²) in [7, 11) is 0. The van der Waals surface area contributed by atoms with Gasteiger partial charge in [-0.25, -0.2) is 9.88 Å². The lowest BCUT2D eigenvalue weighted by atomic mass is 10.1. The van der Waals surface area contributed by atoms with E-state index in [1.54, 1.807) is 23.6 Å². The molecule has 1 N–H and O–H groups in total. The molecule has 1 aliphatic heterocycles. The Morgan fingerprint density at radius 2 is 1.97 bits per heavy atom. The molecule has 12 heteroatoms. The second kappa shape index (κ2) is 9.52. The van der Waals surface area contributed by atoms with E-state index in [1.165, 1.54) is 42.5 Å². The fourth-order valence-electron chi connectivity index (χ4n) is 3.49. The third-order valence-corrected chi connectivity index (χ3v) is 7.05. The Kier molecular flexibility index (Phi) is 6.64. The second-order valence-electron chi connectivity index (χ2n) is 7.43. The van der Waals surface area contributed by atoms with Gasteiger partial charge in [0.25, 0.3) is 0 Å². The van der Waals surface area contributed by atoms with Crippen molar-refractivity contribution in [2.45, 2.75) is 29.8 Å². The summed E-state index contributed by atoms with van der Waals surface area (Å²) in [6.07, 6.45) is -5.08. The van der Waals surface area contributed by atoms with Gasteiger partial charge >= 0.3 is 6.18 Å². The molecule has 3 heterocycles. The SMILES string of the molecule is CC(=O)Nc1ccc(N2C(=O)C[C@H](Sc3nc(-c4cccs4)cc(C(F)(F)F)c3C#N)C2=O)cc1. The van der Waals surface area contributed by atoms with E-state index in [2.05, 4.69) is 10.3 Å². The molecule has 0 unspecified atom stereocenters. The number of carbonyl (C=O) groups excluding carboxylic acids is 3. The summed E-state index contributed by atoms with van der Waals surface area (Å²) in [4.78, 5) is 42.5. The standard InChI is InChI=1S/C23H15F3N4O3S2/c1-12(31)28-13-4-6-14(7-5-13)30-20(32)10-19(22(30)33)35-21-15(11-27)16(23(24,25)26)9-17(29-21)18-3-2-8-34-18/h2-9,19H,10H2,1H3,(H,28,31)/t19-/m0/s1. The molecule has 2 aromatic heterocycles. The maximum Gasteiger partial charge on any atom is 0.417 e. The van der Waals surface area contributed by atoms with Crippen molar-refractivity contribution in [2.75, 3.05) is 10.2 Å². The molecule has 3 amide bonds. The van der Waals surface area contributed by atoms with E-state index < -0.39 is 34.4 Å². The first kappa shape index (κ1) is 24.4. The van der Waals surface area contributed by atoms with Crippen LogP contribution in [0.2, 0.25) is 0 Å². The van der Waals surface area contributed by atoms with Crippen molar-refractivity contribution in [3.63, 3.8) is 0 Å². The number of benzene rings is 1. The van der Waals surface area contributed by atoms with Gasteiger partial charge in [0.2, 0.25) is 17.7 Å². The van der Waals surface area contributed by atoms with Crippen LogP contribution in [0.1, 0.15) is 24.5 Å². The fourth-order valence-corrected chi connectivity index (χ4v) is 5.30. The Morgan fingerprint density at radius 3 is 2.54 bits per heavy atom. The summed E-state index contributed by atoms with van der Waals surface area (Å²) in [5.74, 6) is -1.46. The predicted molar refractivity (Wildman–Crippen MR) is 125 cm³/mol. The molecule has 0 radical (unpaired) electrons. The largest absolute Gasteiger partial charge is 0.417 e. The van der Waals surface area contributed by atoms with Crippen molar-refractivity contribution in [3.05, 3.63) is 59.0 Å². The van der Waals surface area contributed by atoms with E-state index in [4.69, 9.17) is 0 Å². The van der Waals surface area contributed by atoms with Crippen LogP contribution in [0.4, 0.5) is 24.5 Å². The van der Waals surface area contributed by atoms with Crippen LogP contribution < -0.4 is 10.2 Å². The number of thioether (sulfide) groups is 1. The summed E-state index contributed by atoms with van der Waals surface area (Å²) in [6.45, 7) is 1.34. The average Bonchev–Trinajstić information content (AvgIpc) is 3.42. The van der Waals surface area contributed by atoms with Crippen LogP contribution in [0.15, 0.2) is 52.9 Å². The lowest BCUT2D eigenvalue weighted by molar-refractivity contribution is -0.138. The highest BCUT2D eigenvalue weighted by Crippen LogP contribution is 2.41. The van der Waals surface area contributed by atoms with Crippen molar-refractivity contribution >= 4 is 52.2 Å². The highest BCUT2D eigenvalue weighted by atomic mass is 32.2. The summed E-state index contributed by atoms with van der Waals surface area (Å²) in [5.41, 5.74) is -1.09. The summed E-state index contributed by atoms with van der Waals surface area (Å²) in [5, 5.41) is 12.4. The quantitative estimate of drug-likeness (QED) is 0.474. The first-order valence-electron chi connectivity index (χ1n) is 10.1. The van der Waals surface area contributed by atoms with Gasteiger partial charge in [0.05, 0.1) is 32.6 Å². The van der Waals surface area contributed by atoms with Gasteiger partial charge in [-0.1, -0.05) is 17.8 Å². The Hall–Kier alpha value is -3.69. The van der Waals surface area contributed by atoms with E-state index in [0.717, 1.165) is 11.0 Å². The number of alkyl halides is 3. The molecule has 3 aromatic rings. The van der Waals surface area contributed by atoms with Crippen molar-refractivity contribution < 1.29 is 27.6 Å². The molecule has 4 rings (SSSR count). The van der Waals surface area contributed by atoms with Gasteiger partial charge < -0.3 is 5.32 Å². The highest BCUT2D eigenvalue weighted by Gasteiger charge is 2.42. The first-order valence-corrected chi connectivity index (χ1v) is 11.8. The summed E-state index contributed by atoms with van der Waals surface area (Å²) in [6, 6.07) is 11.6. The highest BCUT2D eigenvalue weighted by molar-refractivity contribution is 8.00. The molecule has 7 nitrogen and oxygen atoms in total. The zero-order chi connectivity index (χ0) is 25.3. The molecule has 0 spiro atoms. The Morgan fingerprint density at radius 1 is 1.26 bits per heavy atom. The molecule has 1 aromatic carbocycles. The van der Waals surface area contributed by atoms with Crippen molar-refractivity contribution in [3.8, 4) is 16.6 Å². The number of nitrogens with one attached hydrogen (secondary N) is 1. The normalized spacial score (nSPS) is 15.9. The lowest BCUT2D eigenvalue weighted by Crippen LogP contribution is -2.31. The number of thiophene rings is 1. The number of nitriles is 1. The number of anilines is 2. The van der Waals surface area contributed by atoms with Gasteiger partial charge in [0, 0.05) is 19.0 Å². The van der Waals surface area contributed by atoms with E-state index in [9.17, 15) is 32.8 Å². The number of hydrogen-bond acceptors (Lipinski definition) is 7. The van der Waals surface area contributed by atoms with Crippen LogP contribution in [-0.2, 0) is 20.6 Å². The molecule has 0 aliphatic carbocycles. The topological polar surface area (TPSA) is 103 Å². The van der Waals surface area contributed by atoms with Crippen LogP contribution in [-0.4, -0.2) is 28.0 Å². The number of imide groups is 1. The number of amides is 3. The van der Waals surface area contributed by atoms with Gasteiger partial charge in [-0.05, 0) is 41.8 Å². The van der Waals surface area contributed by atoms with Crippen LogP contribution >= 0.6 is 23.1 Å². The maximum absolute atomic E-state index is 13.7. The lowest BCUT2D eigenvalue weighted by Gasteiger charge is -2.17. The molecule has 35 heavy (non-hydrogen) atoms. The number of carbonyl (C=O) groups is 3. The van der Waals surface area contributed by atoms with Crippen LogP contribution in [0, 0.1) is 11.3 Å². The maximum atomic E-state index is 13.7. The predicted octanol–water partition coefficient (Wildman–Crippen LogP) is 5.08. The summed E-state index contributed by atoms with van der Waals surface area (Å²) < 4.78 is 41.2. The third-order valence-electron chi connectivity index (χ3n) is 4.98. The third kappa shape index (κ3) is 5.06. The van der Waals surface area contributed by atoms with Gasteiger partial charge in [-0.2, -0.15) is 18.4 Å². The van der Waals surface area contributed by atoms with Crippen LogP contribution in [0.5, 0.6) is 0 Å². The molecule has 1 saturated heterocycles. The number of pyridine rings is 1. The molecule has 0 saturated carbocycles. The molecular weight excluding hydrogens is 501 g/mol. The molecule has 178 valence electrons. The monoisotopic (exact) mass is 516 g/mol. The minimum atomic E-state index is -4.81. The summed E-state index contributed by atoms with van der Waals surface area (Å²) >= 11 is 1.85. The Bertz CT molecular complexity index is 1350. The molecule has 0 bridgehead atoms. The zero-order valence-corrected chi connectivity index (χ0v) is 19.6. The second-order valence-corrected chi connectivity index (χ2v) is 9.57. The minimum Gasteiger partial charge on any atom is -0.326 e. The minimum absolute atomic E-state index is 0.0241. The molecular formula is C23H15F3N4O3S2. The van der Waals surface area contributed by atoms with Gasteiger partial charge in [-0.3, -0.25) is 14.4 Å².